The van der Waals surface area contributed by atoms with E-state index in [-0.39, 0.29) is 12.5 Å². The molecule has 8 heteroatoms. The minimum Gasteiger partial charge on any atom is -0.396 e. The molecule has 0 spiro atoms. The number of hydrogen-bond acceptors (Lipinski definition) is 6. The lowest BCUT2D eigenvalue weighted by Gasteiger charge is -2.36. The number of fused-ring (bicyclic) bond motifs is 1. The first-order valence-corrected chi connectivity index (χ1v) is 8.80. The molecule has 0 aromatic heterocycles. The zero-order chi connectivity index (χ0) is 17.1. The molecule has 1 aromatic rings. The molecule has 0 aliphatic carbocycles. The molecule has 2 aliphatic rings. The summed E-state index contributed by atoms with van der Waals surface area (Å²) in [6, 6.07) is 8.90. The van der Waals surface area contributed by atoms with Crippen LogP contribution in [0.2, 0.25) is 0 Å². The fraction of sp³-hybridized carbons (Fsp3) is 0.438. The summed E-state index contributed by atoms with van der Waals surface area (Å²) in [4.78, 5) is 32.2. The fourth-order valence-corrected chi connectivity index (χ4v) is 3.78. The number of nitrogens with one attached hydrogen (secondary N) is 1. The van der Waals surface area contributed by atoms with Crippen molar-refractivity contribution < 1.29 is 14.7 Å². The van der Waals surface area contributed by atoms with Gasteiger partial charge in [0.15, 0.2) is 17.4 Å². The Morgan fingerprint density at radius 1 is 1.29 bits per heavy atom. The Morgan fingerprint density at radius 3 is 2.75 bits per heavy atom. The van der Waals surface area contributed by atoms with E-state index >= 15 is 0 Å². The molecule has 0 bridgehead atoms. The van der Waals surface area contributed by atoms with E-state index in [4.69, 9.17) is 5.11 Å². The van der Waals surface area contributed by atoms with Gasteiger partial charge in [0.25, 0.3) is 5.91 Å². The zero-order valence-electron chi connectivity index (χ0n) is 13.4. The van der Waals surface area contributed by atoms with Gasteiger partial charge in [-0.05, 0) is 12.0 Å². The number of nitrogens with zero attached hydrogens (tertiary/aromatic N) is 3. The van der Waals surface area contributed by atoms with Crippen molar-refractivity contribution in [3.05, 3.63) is 35.9 Å². The number of hydrogen-bond donors (Lipinski definition) is 2. The number of aliphatic imine (C=N–C) groups is 1. The highest BCUT2D eigenvalue weighted by atomic mass is 32.2. The summed E-state index contributed by atoms with van der Waals surface area (Å²) in [5.41, 5.74) is 1.07. The molecule has 0 radical (unpaired) electrons. The number of carbonyl (C=O) groups excluding carboxylic acids is 2. The van der Waals surface area contributed by atoms with Gasteiger partial charge in [-0.15, -0.1) is 0 Å². The Bertz CT molecular complexity index is 652. The van der Waals surface area contributed by atoms with Gasteiger partial charge in [-0.1, -0.05) is 42.1 Å². The Balaban J connectivity index is 1.85. The molecule has 0 saturated carbocycles. The van der Waals surface area contributed by atoms with Crippen LogP contribution >= 0.6 is 11.8 Å². The van der Waals surface area contributed by atoms with Crippen molar-refractivity contribution in [1.29, 1.82) is 0 Å². The van der Waals surface area contributed by atoms with Crippen LogP contribution in [-0.2, 0) is 11.3 Å². The molecule has 3 rings (SSSR count). The summed E-state index contributed by atoms with van der Waals surface area (Å²) in [6.45, 7) is 0.660. The van der Waals surface area contributed by atoms with Gasteiger partial charge in [0.2, 0.25) is 0 Å². The first-order valence-electron chi connectivity index (χ1n) is 7.81. The predicted octanol–water partition coefficient (Wildman–Crippen LogP) is 0.850. The van der Waals surface area contributed by atoms with Crippen LogP contribution in [0.4, 0.5) is 4.79 Å². The van der Waals surface area contributed by atoms with Crippen molar-refractivity contribution in [3.63, 3.8) is 0 Å². The van der Waals surface area contributed by atoms with Gasteiger partial charge in [0.05, 0.1) is 0 Å². The third-order valence-corrected chi connectivity index (χ3v) is 5.14. The SMILES string of the molecule is CN1C(=O)NC(=O)C2C1N=C(SCCCO)N2Cc1ccccc1. The van der Waals surface area contributed by atoms with E-state index in [9.17, 15) is 9.59 Å². The molecule has 1 aromatic carbocycles. The molecule has 2 unspecified atom stereocenters. The van der Waals surface area contributed by atoms with E-state index in [0.29, 0.717) is 18.7 Å². The first-order chi connectivity index (χ1) is 11.6. The van der Waals surface area contributed by atoms with Crippen LogP contribution in [0.3, 0.4) is 0 Å². The molecule has 2 N–H and O–H groups in total. The topological polar surface area (TPSA) is 85.2 Å². The smallest absolute Gasteiger partial charge is 0.325 e. The second-order valence-corrected chi connectivity index (χ2v) is 6.78. The van der Waals surface area contributed by atoms with E-state index in [1.165, 1.54) is 16.7 Å². The minimum atomic E-state index is -0.524. The Hall–Kier alpha value is -2.06. The molecule has 2 aliphatic heterocycles. The van der Waals surface area contributed by atoms with Gasteiger partial charge in [-0.3, -0.25) is 10.1 Å². The number of amidine groups is 1. The molecule has 3 amide bonds. The summed E-state index contributed by atoms with van der Waals surface area (Å²) in [5, 5.41) is 12.1. The predicted molar refractivity (Wildman–Crippen MR) is 92.5 cm³/mol. The van der Waals surface area contributed by atoms with Gasteiger partial charge < -0.3 is 14.9 Å². The number of benzene rings is 1. The lowest BCUT2D eigenvalue weighted by atomic mass is 10.1. The molecule has 2 atom stereocenters. The fourth-order valence-electron chi connectivity index (χ4n) is 2.80. The molecular weight excluding hydrogens is 328 g/mol. The van der Waals surface area contributed by atoms with E-state index in [1.54, 1.807) is 7.05 Å². The van der Waals surface area contributed by atoms with Crippen LogP contribution in [0, 0.1) is 0 Å². The van der Waals surface area contributed by atoms with Crippen molar-refractivity contribution in [2.75, 3.05) is 19.4 Å². The van der Waals surface area contributed by atoms with E-state index in [0.717, 1.165) is 10.7 Å². The Labute approximate surface area is 144 Å². The summed E-state index contributed by atoms with van der Waals surface area (Å²) in [7, 11) is 1.64. The average molecular weight is 348 g/mol. The van der Waals surface area contributed by atoms with Gasteiger partial charge in [-0.25, -0.2) is 9.79 Å². The monoisotopic (exact) mass is 348 g/mol. The molecule has 24 heavy (non-hydrogen) atoms. The van der Waals surface area contributed by atoms with Crippen LogP contribution in [0.1, 0.15) is 12.0 Å². The van der Waals surface area contributed by atoms with Crippen molar-refractivity contribution in [1.82, 2.24) is 15.1 Å². The number of rotatable bonds is 5. The van der Waals surface area contributed by atoms with Gasteiger partial charge >= 0.3 is 6.03 Å². The number of aliphatic hydroxyl groups is 1. The molecule has 7 nitrogen and oxygen atoms in total. The highest BCUT2D eigenvalue weighted by Crippen LogP contribution is 2.30. The number of likely N-dealkylation sites (N-methyl/N-ethyl adjacent to an activating group) is 1. The Kier molecular flexibility index (Phi) is 5.06. The number of aliphatic hydroxyl groups excluding tert-OH is 1. The highest BCUT2D eigenvalue weighted by molar-refractivity contribution is 8.13. The summed E-state index contributed by atoms with van der Waals surface area (Å²) in [6.07, 6.45) is 0.144. The van der Waals surface area contributed by atoms with Crippen molar-refractivity contribution in [3.8, 4) is 0 Å². The number of imide groups is 1. The standard InChI is InChI=1S/C16H20N4O3S/c1-19-13-12(14(22)18-15(19)23)20(10-11-6-3-2-4-7-11)16(17-13)24-9-5-8-21/h2-4,6-7,12-13,21H,5,8-10H2,1H3,(H,18,22,23). The van der Waals surface area contributed by atoms with Crippen LogP contribution in [-0.4, -0.2) is 63.6 Å². The molecule has 1 saturated heterocycles. The maximum absolute atomic E-state index is 12.4. The first kappa shape index (κ1) is 16.8. The molecular formula is C16H20N4O3S. The van der Waals surface area contributed by atoms with Crippen LogP contribution in [0.5, 0.6) is 0 Å². The lowest BCUT2D eigenvalue weighted by molar-refractivity contribution is -0.127. The summed E-state index contributed by atoms with van der Waals surface area (Å²) >= 11 is 1.51. The maximum Gasteiger partial charge on any atom is 0.325 e. The van der Waals surface area contributed by atoms with Crippen LogP contribution < -0.4 is 5.32 Å². The van der Waals surface area contributed by atoms with Crippen molar-refractivity contribution >= 4 is 28.9 Å². The minimum absolute atomic E-state index is 0.116. The number of urea groups is 1. The lowest BCUT2D eigenvalue weighted by Crippen LogP contribution is -2.63. The molecule has 2 heterocycles. The second kappa shape index (κ2) is 7.23. The highest BCUT2D eigenvalue weighted by Gasteiger charge is 2.48. The third kappa shape index (κ3) is 3.25. The zero-order valence-corrected chi connectivity index (χ0v) is 14.2. The van der Waals surface area contributed by atoms with E-state index in [2.05, 4.69) is 10.3 Å². The van der Waals surface area contributed by atoms with Crippen molar-refractivity contribution in [2.45, 2.75) is 25.2 Å². The van der Waals surface area contributed by atoms with Crippen LogP contribution in [0.25, 0.3) is 0 Å². The summed E-state index contributed by atoms with van der Waals surface area (Å²) < 4.78 is 0. The second-order valence-electron chi connectivity index (χ2n) is 5.71. The van der Waals surface area contributed by atoms with Gasteiger partial charge in [-0.2, -0.15) is 0 Å². The van der Waals surface area contributed by atoms with Gasteiger partial charge in [0, 0.05) is 26.0 Å². The average Bonchev–Trinajstić information content (AvgIpc) is 2.93. The number of thioether (sulfide) groups is 1. The normalized spacial score (nSPS) is 23.2. The van der Waals surface area contributed by atoms with E-state index < -0.39 is 18.2 Å². The molecule has 128 valence electrons. The van der Waals surface area contributed by atoms with Gasteiger partial charge in [0.1, 0.15) is 0 Å². The maximum atomic E-state index is 12.4. The molecule has 1 fully saturated rings. The quantitative estimate of drug-likeness (QED) is 0.771. The summed E-state index contributed by atoms with van der Waals surface area (Å²) in [5.74, 6) is 0.389. The van der Waals surface area contributed by atoms with Crippen LogP contribution in [0.15, 0.2) is 35.3 Å². The van der Waals surface area contributed by atoms with Crippen molar-refractivity contribution in [2.24, 2.45) is 4.99 Å². The third-order valence-electron chi connectivity index (χ3n) is 4.05. The Morgan fingerprint density at radius 2 is 2.04 bits per heavy atom. The number of carbonyl (C=O) groups is 2. The number of amides is 3. The largest absolute Gasteiger partial charge is 0.396 e. The van der Waals surface area contributed by atoms with E-state index in [1.807, 2.05) is 35.2 Å².